The molecule has 0 atom stereocenters. The highest BCUT2D eigenvalue weighted by molar-refractivity contribution is 7.15. The number of carbonyl (C=O) groups is 2. The number of aromatic amines is 1. The summed E-state index contributed by atoms with van der Waals surface area (Å²) >= 11 is 1.12. The summed E-state index contributed by atoms with van der Waals surface area (Å²) in [6.45, 7) is 10.5. The Morgan fingerprint density at radius 3 is 2.31 bits per heavy atom. The molecule has 3 aromatic rings. The quantitative estimate of drug-likeness (QED) is 0.423. The Labute approximate surface area is 190 Å². The maximum Gasteiger partial charge on any atom is 0.281 e. The van der Waals surface area contributed by atoms with Crippen LogP contribution in [0.2, 0.25) is 0 Å². The van der Waals surface area contributed by atoms with Crippen LogP contribution in [0.4, 0.5) is 0 Å². The van der Waals surface area contributed by atoms with Crippen molar-refractivity contribution in [3.8, 4) is 5.69 Å². The standard InChI is InChI=1S/C23H27N5O3S/c1-6-27(7-2)22(30)19-13-12-18(32-19)21(29)25-24-15(4)20-16(5)26-28(23(20)31)17-10-8-14(3)9-11-17/h8-13,26H,6-7H2,1-5H3,(H,25,29). The monoisotopic (exact) mass is 453 g/mol. The van der Waals surface area contributed by atoms with Crippen LogP contribution in [0.15, 0.2) is 46.3 Å². The molecular formula is C23H27N5O3S. The van der Waals surface area contributed by atoms with E-state index in [1.54, 1.807) is 30.9 Å². The van der Waals surface area contributed by atoms with Gasteiger partial charge >= 0.3 is 0 Å². The predicted octanol–water partition coefficient (Wildman–Crippen LogP) is 3.48. The number of hydrogen-bond acceptors (Lipinski definition) is 5. The molecule has 0 unspecified atom stereocenters. The molecule has 1 aromatic carbocycles. The lowest BCUT2D eigenvalue weighted by Crippen LogP contribution is -2.29. The van der Waals surface area contributed by atoms with Gasteiger partial charge < -0.3 is 4.90 Å². The third-order valence-electron chi connectivity index (χ3n) is 5.14. The van der Waals surface area contributed by atoms with E-state index in [1.807, 2.05) is 45.0 Å². The zero-order chi connectivity index (χ0) is 23.4. The molecule has 8 nitrogen and oxygen atoms in total. The van der Waals surface area contributed by atoms with Crippen molar-refractivity contribution in [2.45, 2.75) is 34.6 Å². The normalized spacial score (nSPS) is 11.5. The van der Waals surface area contributed by atoms with E-state index in [-0.39, 0.29) is 11.5 Å². The molecule has 0 radical (unpaired) electrons. The highest BCUT2D eigenvalue weighted by Crippen LogP contribution is 2.18. The first kappa shape index (κ1) is 23.2. The van der Waals surface area contributed by atoms with E-state index in [4.69, 9.17) is 0 Å². The van der Waals surface area contributed by atoms with Crippen molar-refractivity contribution in [1.29, 1.82) is 0 Å². The molecule has 0 aliphatic heterocycles. The number of carbonyl (C=O) groups excluding carboxylic acids is 2. The van der Waals surface area contributed by atoms with Crippen LogP contribution in [0.25, 0.3) is 5.69 Å². The van der Waals surface area contributed by atoms with Gasteiger partial charge in [-0.25, -0.2) is 10.1 Å². The molecule has 0 aliphatic carbocycles. The van der Waals surface area contributed by atoms with E-state index in [0.717, 1.165) is 22.6 Å². The van der Waals surface area contributed by atoms with Crippen LogP contribution >= 0.6 is 11.3 Å². The van der Waals surface area contributed by atoms with E-state index in [9.17, 15) is 14.4 Å². The van der Waals surface area contributed by atoms with Crippen molar-refractivity contribution in [2.75, 3.05) is 13.1 Å². The summed E-state index contributed by atoms with van der Waals surface area (Å²) in [6, 6.07) is 10.8. The number of hydrogen-bond donors (Lipinski definition) is 2. The van der Waals surface area contributed by atoms with Crippen molar-refractivity contribution in [1.82, 2.24) is 20.1 Å². The molecule has 168 valence electrons. The summed E-state index contributed by atoms with van der Waals surface area (Å²) in [5.74, 6) is -0.529. The number of nitrogens with one attached hydrogen (secondary N) is 2. The fraction of sp³-hybridized carbons (Fsp3) is 0.304. The van der Waals surface area contributed by atoms with Crippen molar-refractivity contribution in [3.05, 3.63) is 73.3 Å². The smallest absolute Gasteiger partial charge is 0.281 e. The van der Waals surface area contributed by atoms with Crippen LogP contribution in [0, 0.1) is 13.8 Å². The number of amides is 2. The van der Waals surface area contributed by atoms with Gasteiger partial charge in [0.25, 0.3) is 17.4 Å². The van der Waals surface area contributed by atoms with Gasteiger partial charge in [-0.2, -0.15) is 5.10 Å². The number of rotatable bonds is 7. The second-order valence-electron chi connectivity index (χ2n) is 7.37. The molecule has 2 amide bonds. The van der Waals surface area contributed by atoms with E-state index in [2.05, 4.69) is 15.6 Å². The summed E-state index contributed by atoms with van der Waals surface area (Å²) in [5.41, 5.74) is 5.49. The predicted molar refractivity (Wildman–Crippen MR) is 127 cm³/mol. The van der Waals surface area contributed by atoms with Crippen molar-refractivity contribution in [2.24, 2.45) is 5.10 Å². The van der Waals surface area contributed by atoms with Gasteiger partial charge in [0.15, 0.2) is 0 Å². The molecule has 0 aliphatic rings. The van der Waals surface area contributed by atoms with E-state index in [0.29, 0.717) is 39.8 Å². The third-order valence-corrected chi connectivity index (χ3v) is 6.21. The van der Waals surface area contributed by atoms with Crippen LogP contribution in [0.1, 0.15) is 56.9 Å². The third kappa shape index (κ3) is 4.72. The maximum atomic E-state index is 12.9. The lowest BCUT2D eigenvalue weighted by atomic mass is 10.2. The molecule has 0 fully saturated rings. The van der Waals surface area contributed by atoms with Gasteiger partial charge in [0, 0.05) is 18.8 Å². The SMILES string of the molecule is CCN(CC)C(=O)c1ccc(C(=O)NN=C(C)c2c(C)[nH]n(-c3ccc(C)cc3)c2=O)s1. The average molecular weight is 454 g/mol. The summed E-state index contributed by atoms with van der Waals surface area (Å²) in [7, 11) is 0. The maximum absolute atomic E-state index is 12.9. The first-order chi connectivity index (χ1) is 15.3. The van der Waals surface area contributed by atoms with Gasteiger partial charge in [0.2, 0.25) is 0 Å². The Morgan fingerprint density at radius 2 is 1.69 bits per heavy atom. The summed E-state index contributed by atoms with van der Waals surface area (Å²) in [6.07, 6.45) is 0. The molecule has 0 saturated carbocycles. The summed E-state index contributed by atoms with van der Waals surface area (Å²) in [4.78, 5) is 40.5. The highest BCUT2D eigenvalue weighted by Gasteiger charge is 2.18. The lowest BCUT2D eigenvalue weighted by Gasteiger charge is -2.17. The molecule has 2 heterocycles. The zero-order valence-corrected chi connectivity index (χ0v) is 19.7. The van der Waals surface area contributed by atoms with Gasteiger partial charge in [-0.15, -0.1) is 11.3 Å². The minimum absolute atomic E-state index is 0.0988. The number of aryl methyl sites for hydroxylation is 2. The largest absolute Gasteiger partial charge is 0.339 e. The van der Waals surface area contributed by atoms with Gasteiger partial charge in [0.1, 0.15) is 0 Å². The van der Waals surface area contributed by atoms with Crippen molar-refractivity contribution in [3.63, 3.8) is 0 Å². The fourth-order valence-electron chi connectivity index (χ4n) is 3.34. The fourth-order valence-corrected chi connectivity index (χ4v) is 4.20. The zero-order valence-electron chi connectivity index (χ0n) is 18.9. The van der Waals surface area contributed by atoms with E-state index in [1.165, 1.54) is 4.68 Å². The summed E-state index contributed by atoms with van der Waals surface area (Å²) < 4.78 is 1.45. The van der Waals surface area contributed by atoms with Crippen LogP contribution in [-0.2, 0) is 0 Å². The molecule has 9 heteroatoms. The second-order valence-corrected chi connectivity index (χ2v) is 8.45. The van der Waals surface area contributed by atoms with Crippen LogP contribution in [0.3, 0.4) is 0 Å². The first-order valence-electron chi connectivity index (χ1n) is 10.4. The Morgan fingerprint density at radius 1 is 1.06 bits per heavy atom. The van der Waals surface area contributed by atoms with Crippen LogP contribution in [0.5, 0.6) is 0 Å². The molecular weight excluding hydrogens is 426 g/mol. The molecule has 0 bridgehead atoms. The number of H-pyrrole nitrogens is 1. The molecule has 0 saturated heterocycles. The number of thiophene rings is 1. The first-order valence-corrected chi connectivity index (χ1v) is 11.2. The highest BCUT2D eigenvalue weighted by atomic mass is 32.1. The van der Waals surface area contributed by atoms with Gasteiger partial charge in [-0.3, -0.25) is 19.5 Å². The lowest BCUT2D eigenvalue weighted by molar-refractivity contribution is 0.0777. The van der Waals surface area contributed by atoms with Gasteiger partial charge in [-0.05, 0) is 58.9 Å². The van der Waals surface area contributed by atoms with Gasteiger partial charge in [-0.1, -0.05) is 17.7 Å². The minimum Gasteiger partial charge on any atom is -0.339 e. The molecule has 0 spiro atoms. The Kier molecular flexibility index (Phi) is 7.09. The molecule has 2 aromatic heterocycles. The van der Waals surface area contributed by atoms with E-state index >= 15 is 0 Å². The molecule has 3 rings (SSSR count). The summed E-state index contributed by atoms with van der Waals surface area (Å²) in [5, 5.41) is 7.19. The number of aromatic nitrogens is 2. The van der Waals surface area contributed by atoms with Crippen LogP contribution in [-0.4, -0.2) is 45.3 Å². The van der Waals surface area contributed by atoms with Crippen molar-refractivity contribution < 1.29 is 9.59 Å². The van der Waals surface area contributed by atoms with Crippen LogP contribution < -0.4 is 11.0 Å². The number of benzene rings is 1. The number of hydrazone groups is 1. The van der Waals surface area contributed by atoms with Crippen molar-refractivity contribution >= 4 is 28.9 Å². The molecule has 2 N–H and O–H groups in total. The number of nitrogens with zero attached hydrogens (tertiary/aromatic N) is 3. The molecule has 32 heavy (non-hydrogen) atoms. The average Bonchev–Trinajstić information content (AvgIpc) is 3.38. The minimum atomic E-state index is -0.431. The second kappa shape index (κ2) is 9.78. The Hall–Kier alpha value is -3.46. The van der Waals surface area contributed by atoms with E-state index < -0.39 is 5.91 Å². The van der Waals surface area contributed by atoms with Gasteiger partial charge in [0.05, 0.1) is 26.7 Å². The Balaban J connectivity index is 1.78. The topological polar surface area (TPSA) is 99.6 Å². The Bertz CT molecular complexity index is 1210.